The zero-order valence-corrected chi connectivity index (χ0v) is 17.9. The van der Waals surface area contributed by atoms with Gasteiger partial charge in [-0.3, -0.25) is 9.39 Å². The number of hydrogen-bond donors (Lipinski definition) is 2. The minimum atomic E-state index is 0. The van der Waals surface area contributed by atoms with E-state index in [0.29, 0.717) is 13.2 Å². The molecule has 144 valence electrons. The molecule has 0 amide bonds. The first kappa shape index (κ1) is 20.9. The van der Waals surface area contributed by atoms with Gasteiger partial charge in [0.15, 0.2) is 17.4 Å². The monoisotopic (exact) mass is 480 g/mol. The maximum Gasteiger partial charge on any atom is 0.191 e. The minimum absolute atomic E-state index is 0. The van der Waals surface area contributed by atoms with Gasteiger partial charge in [-0.1, -0.05) is 24.3 Å². The fourth-order valence-corrected chi connectivity index (χ4v) is 2.57. The van der Waals surface area contributed by atoms with Crippen molar-refractivity contribution >= 4 is 35.6 Å². The molecule has 0 aliphatic rings. The van der Waals surface area contributed by atoms with Crippen molar-refractivity contribution in [2.45, 2.75) is 19.9 Å². The zero-order valence-electron chi connectivity index (χ0n) is 15.6. The summed E-state index contributed by atoms with van der Waals surface area (Å²) in [7, 11) is 1.75. The summed E-state index contributed by atoms with van der Waals surface area (Å²) >= 11 is 0. The summed E-state index contributed by atoms with van der Waals surface area (Å²) in [6.07, 6.45) is 2.83. The summed E-state index contributed by atoms with van der Waals surface area (Å²) in [5.41, 5.74) is 1.99. The lowest BCUT2D eigenvalue weighted by atomic mass is 10.2. The molecule has 2 heterocycles. The summed E-state index contributed by atoms with van der Waals surface area (Å²) in [5.74, 6) is 2.51. The van der Waals surface area contributed by atoms with Gasteiger partial charge < -0.3 is 15.4 Å². The summed E-state index contributed by atoms with van der Waals surface area (Å²) in [6.45, 7) is 4.02. The van der Waals surface area contributed by atoms with Crippen LogP contribution in [0.3, 0.4) is 0 Å². The van der Waals surface area contributed by atoms with Crippen LogP contribution < -0.4 is 15.4 Å². The van der Waals surface area contributed by atoms with E-state index in [4.69, 9.17) is 4.74 Å². The lowest BCUT2D eigenvalue weighted by molar-refractivity contribution is 0.309. The Balaban J connectivity index is 0.00000261. The summed E-state index contributed by atoms with van der Waals surface area (Å²) in [4.78, 5) is 4.23. The smallest absolute Gasteiger partial charge is 0.191 e. The fourth-order valence-electron chi connectivity index (χ4n) is 2.57. The molecule has 0 saturated heterocycles. The van der Waals surface area contributed by atoms with Crippen LogP contribution in [0, 0.1) is 6.92 Å². The minimum Gasteiger partial charge on any atom is -0.493 e. The van der Waals surface area contributed by atoms with Gasteiger partial charge in [0.2, 0.25) is 0 Å². The number of hydrogen-bond acceptors (Lipinski definition) is 4. The van der Waals surface area contributed by atoms with Gasteiger partial charge in [-0.2, -0.15) is 0 Å². The molecule has 0 atom stereocenters. The average molecular weight is 480 g/mol. The quantitative estimate of drug-likeness (QED) is 0.236. The van der Waals surface area contributed by atoms with Crippen LogP contribution in [0.2, 0.25) is 0 Å². The molecule has 0 saturated carbocycles. The van der Waals surface area contributed by atoms with Gasteiger partial charge in [-0.05, 0) is 37.1 Å². The molecule has 27 heavy (non-hydrogen) atoms. The summed E-state index contributed by atoms with van der Waals surface area (Å²) < 4.78 is 7.75. The number of nitrogens with one attached hydrogen (secondary N) is 2. The summed E-state index contributed by atoms with van der Waals surface area (Å²) in [5, 5.41) is 14.9. The number of aromatic nitrogens is 3. The first-order valence-corrected chi connectivity index (χ1v) is 8.69. The molecular formula is C19H25IN6O. The molecule has 1 aromatic carbocycles. The van der Waals surface area contributed by atoms with Crippen molar-refractivity contribution in [2.75, 3.05) is 20.2 Å². The molecule has 7 nitrogen and oxygen atoms in total. The van der Waals surface area contributed by atoms with E-state index in [9.17, 15) is 0 Å². The molecule has 0 spiro atoms. The molecule has 3 rings (SSSR count). The lowest BCUT2D eigenvalue weighted by Gasteiger charge is -2.12. The highest BCUT2D eigenvalue weighted by Crippen LogP contribution is 2.15. The number of ether oxygens (including phenoxy) is 1. The van der Waals surface area contributed by atoms with Crippen molar-refractivity contribution in [1.29, 1.82) is 0 Å². The normalized spacial score (nSPS) is 11.1. The van der Waals surface area contributed by atoms with Gasteiger partial charge in [0.1, 0.15) is 5.75 Å². The lowest BCUT2D eigenvalue weighted by Crippen LogP contribution is -2.38. The maximum atomic E-state index is 5.80. The zero-order chi connectivity index (χ0) is 18.2. The molecule has 8 heteroatoms. The Hall–Kier alpha value is -2.36. The van der Waals surface area contributed by atoms with E-state index < -0.39 is 0 Å². The van der Waals surface area contributed by atoms with Gasteiger partial charge in [-0.15, -0.1) is 34.2 Å². The molecule has 0 bridgehead atoms. The van der Waals surface area contributed by atoms with Crippen LogP contribution in [0.25, 0.3) is 5.65 Å². The van der Waals surface area contributed by atoms with E-state index in [1.807, 2.05) is 60.0 Å². The third kappa shape index (κ3) is 5.81. The van der Waals surface area contributed by atoms with E-state index in [1.54, 1.807) is 7.05 Å². The van der Waals surface area contributed by atoms with E-state index in [-0.39, 0.29) is 24.0 Å². The predicted octanol–water partition coefficient (Wildman–Crippen LogP) is 2.79. The van der Waals surface area contributed by atoms with E-state index in [0.717, 1.165) is 41.7 Å². The second-order valence-electron chi connectivity index (χ2n) is 5.87. The van der Waals surface area contributed by atoms with Crippen molar-refractivity contribution < 1.29 is 4.74 Å². The number of pyridine rings is 1. The second kappa shape index (κ2) is 10.7. The van der Waals surface area contributed by atoms with Crippen molar-refractivity contribution in [1.82, 2.24) is 25.2 Å². The van der Waals surface area contributed by atoms with Crippen LogP contribution in [0.15, 0.2) is 53.7 Å². The van der Waals surface area contributed by atoms with Crippen LogP contribution in [-0.2, 0) is 6.54 Å². The topological polar surface area (TPSA) is 75.8 Å². The third-order valence-electron chi connectivity index (χ3n) is 3.99. The number of benzene rings is 1. The second-order valence-corrected chi connectivity index (χ2v) is 5.87. The first-order valence-electron chi connectivity index (χ1n) is 8.69. The van der Waals surface area contributed by atoms with Crippen molar-refractivity contribution in [3.8, 4) is 5.75 Å². The SMILES string of the molecule is CN=C(NCCCOc1ccccc1C)NCc1nnc2ccccn12.I. The van der Waals surface area contributed by atoms with Crippen molar-refractivity contribution in [2.24, 2.45) is 4.99 Å². The Kier molecular flexibility index (Phi) is 8.31. The van der Waals surface area contributed by atoms with Crippen LogP contribution >= 0.6 is 24.0 Å². The van der Waals surface area contributed by atoms with Gasteiger partial charge in [0.25, 0.3) is 0 Å². The largest absolute Gasteiger partial charge is 0.493 e. The number of rotatable bonds is 7. The number of aryl methyl sites for hydroxylation is 1. The van der Waals surface area contributed by atoms with E-state index in [1.165, 1.54) is 0 Å². The number of guanidine groups is 1. The van der Waals surface area contributed by atoms with Crippen molar-refractivity contribution in [3.63, 3.8) is 0 Å². The highest BCUT2D eigenvalue weighted by atomic mass is 127. The molecule has 2 N–H and O–H groups in total. The third-order valence-corrected chi connectivity index (χ3v) is 3.99. The summed E-state index contributed by atoms with van der Waals surface area (Å²) in [6, 6.07) is 13.9. The fraction of sp³-hybridized carbons (Fsp3) is 0.316. The average Bonchev–Trinajstić information content (AvgIpc) is 3.08. The van der Waals surface area contributed by atoms with Gasteiger partial charge in [0.05, 0.1) is 13.2 Å². The molecule has 3 aromatic rings. The van der Waals surface area contributed by atoms with Crippen LogP contribution in [0.1, 0.15) is 17.8 Å². The van der Waals surface area contributed by atoms with Gasteiger partial charge >= 0.3 is 0 Å². The van der Waals surface area contributed by atoms with E-state index >= 15 is 0 Å². The van der Waals surface area contributed by atoms with E-state index in [2.05, 4.69) is 25.8 Å². The highest BCUT2D eigenvalue weighted by molar-refractivity contribution is 14.0. The number of halogens is 1. The molecule has 0 aliphatic heterocycles. The van der Waals surface area contributed by atoms with Crippen LogP contribution in [0.4, 0.5) is 0 Å². The number of fused-ring (bicyclic) bond motifs is 1. The molecule has 0 radical (unpaired) electrons. The first-order chi connectivity index (χ1) is 12.8. The van der Waals surface area contributed by atoms with Crippen LogP contribution in [-0.4, -0.2) is 40.8 Å². The Labute approximate surface area is 176 Å². The highest BCUT2D eigenvalue weighted by Gasteiger charge is 2.05. The Morgan fingerprint density at radius 3 is 2.74 bits per heavy atom. The Morgan fingerprint density at radius 1 is 1.11 bits per heavy atom. The molecule has 0 fully saturated rings. The van der Waals surface area contributed by atoms with Gasteiger partial charge in [0, 0.05) is 19.8 Å². The molecule has 0 unspecified atom stereocenters. The van der Waals surface area contributed by atoms with Crippen molar-refractivity contribution in [3.05, 3.63) is 60.0 Å². The Morgan fingerprint density at radius 2 is 1.93 bits per heavy atom. The molecular weight excluding hydrogens is 455 g/mol. The molecule has 0 aliphatic carbocycles. The Bertz CT molecular complexity index is 879. The predicted molar refractivity (Wildman–Crippen MR) is 118 cm³/mol. The maximum absolute atomic E-state index is 5.80. The number of aliphatic imine (C=N–C) groups is 1. The van der Waals surface area contributed by atoms with Gasteiger partial charge in [-0.25, -0.2) is 0 Å². The number of nitrogens with zero attached hydrogens (tertiary/aromatic N) is 4. The molecule has 2 aromatic heterocycles. The number of para-hydroxylation sites is 1. The van der Waals surface area contributed by atoms with Crippen LogP contribution in [0.5, 0.6) is 5.75 Å². The standard InChI is InChI=1S/C19H24N6O.HI/c1-15-8-3-4-9-16(15)26-13-7-11-21-19(20-2)22-14-18-24-23-17-10-5-6-12-25(17)18;/h3-6,8-10,12H,7,11,13-14H2,1-2H3,(H2,20,21,22);1H.